The maximum absolute atomic E-state index is 13.0. The number of hydrogen-bond donors (Lipinski definition) is 2. The highest BCUT2D eigenvalue weighted by Crippen LogP contribution is 2.38. The molecule has 0 aromatic rings. The third kappa shape index (κ3) is 49.7. The van der Waals surface area contributed by atoms with Crippen LogP contribution >= 0.6 is 7.82 Å². The summed E-state index contributed by atoms with van der Waals surface area (Å²) in [5.41, 5.74) is 0. The lowest BCUT2D eigenvalue weighted by molar-refractivity contribution is -0.870. The molecule has 0 heterocycles. The van der Waals surface area contributed by atoms with Gasteiger partial charge >= 0.3 is 0 Å². The second-order valence-electron chi connectivity index (χ2n) is 19.2. The normalized spacial score (nSPS) is 14.6. The molecule has 0 radical (unpaired) electrons. The molecule has 0 aliphatic rings. The van der Waals surface area contributed by atoms with Crippen molar-refractivity contribution in [2.45, 2.75) is 238 Å². The van der Waals surface area contributed by atoms with Gasteiger partial charge in [-0.25, -0.2) is 0 Å². The zero-order chi connectivity index (χ0) is 47.8. The summed E-state index contributed by atoms with van der Waals surface area (Å²) in [7, 11) is 1.29. The lowest BCUT2D eigenvalue weighted by atomic mass is 10.0. The topological polar surface area (TPSA) is 108 Å². The molecule has 0 rings (SSSR count). The van der Waals surface area contributed by atoms with Gasteiger partial charge in [0.1, 0.15) is 13.2 Å². The molecule has 0 bridgehead atoms. The van der Waals surface area contributed by atoms with Crippen molar-refractivity contribution in [2.75, 3.05) is 40.9 Å². The average Bonchev–Trinajstić information content (AvgIpc) is 3.26. The van der Waals surface area contributed by atoms with Crippen molar-refractivity contribution in [2.24, 2.45) is 0 Å². The summed E-state index contributed by atoms with van der Waals surface area (Å²) in [5.74, 6) is -0.175. The standard InChI is InChI=1S/C56H103N2O6P/c1-6-8-10-12-14-16-18-20-22-24-25-26-27-28-29-30-31-32-33-34-36-38-40-42-44-46-48-50-56(60)57-54(53-64-65(61,62)63-52-51-58(3,4)5)55(59)49-47-45-43-41-39-37-35-23-21-19-17-15-13-11-9-7-2/h8,10,14,16,20,22,25-26,28-29,31-32,54-55,59H,6-7,9,11-13,15,17-19,21,23-24,27,30,33-53H2,1-5H3,(H-,57,60,61,62)/b10-8-,16-14-,22-20-,26-25-,29-28-,32-31-. The van der Waals surface area contributed by atoms with Crippen molar-refractivity contribution in [1.82, 2.24) is 5.32 Å². The second-order valence-corrected chi connectivity index (χ2v) is 20.6. The highest BCUT2D eigenvalue weighted by atomic mass is 31.2. The molecule has 1 amide bonds. The van der Waals surface area contributed by atoms with Gasteiger partial charge < -0.3 is 28.8 Å². The van der Waals surface area contributed by atoms with E-state index in [1.54, 1.807) is 0 Å². The van der Waals surface area contributed by atoms with Gasteiger partial charge in [0, 0.05) is 6.42 Å². The smallest absolute Gasteiger partial charge is 0.268 e. The summed E-state index contributed by atoms with van der Waals surface area (Å²) in [6.45, 7) is 4.60. The number of carbonyl (C=O) groups excluding carboxylic acids is 1. The van der Waals surface area contributed by atoms with E-state index in [0.29, 0.717) is 23.9 Å². The van der Waals surface area contributed by atoms with Crippen LogP contribution in [-0.2, 0) is 18.4 Å². The van der Waals surface area contributed by atoms with E-state index < -0.39 is 20.0 Å². The summed E-state index contributed by atoms with van der Waals surface area (Å²) >= 11 is 0. The number of unbranched alkanes of at least 4 members (excludes halogenated alkanes) is 23. The predicted molar refractivity (Wildman–Crippen MR) is 279 cm³/mol. The molecule has 0 aliphatic carbocycles. The van der Waals surface area contributed by atoms with E-state index in [1.165, 1.54) is 116 Å². The number of amides is 1. The van der Waals surface area contributed by atoms with Crippen molar-refractivity contribution < 1.29 is 32.9 Å². The van der Waals surface area contributed by atoms with Crippen LogP contribution in [0.5, 0.6) is 0 Å². The molecule has 0 aromatic heterocycles. The minimum absolute atomic E-state index is 0.00732. The molecule has 0 spiro atoms. The fourth-order valence-electron chi connectivity index (χ4n) is 7.51. The molecular formula is C56H103N2O6P. The van der Waals surface area contributed by atoms with Gasteiger partial charge in [-0.15, -0.1) is 0 Å². The number of nitrogens with zero attached hydrogens (tertiary/aromatic N) is 1. The summed E-state index contributed by atoms with van der Waals surface area (Å²) in [5, 5.41) is 14.0. The fraction of sp³-hybridized carbons (Fsp3) is 0.768. The average molecular weight is 931 g/mol. The number of likely N-dealkylation sites (N-methyl/N-ethyl adjacent to an activating group) is 1. The number of aliphatic hydroxyl groups is 1. The van der Waals surface area contributed by atoms with E-state index in [1.807, 2.05) is 21.1 Å². The summed E-state index contributed by atoms with van der Waals surface area (Å²) < 4.78 is 23.4. The highest BCUT2D eigenvalue weighted by Gasteiger charge is 2.24. The van der Waals surface area contributed by atoms with Crippen molar-refractivity contribution >= 4 is 13.7 Å². The second kappa shape index (κ2) is 47.0. The van der Waals surface area contributed by atoms with Gasteiger partial charge in [0.05, 0.1) is 39.9 Å². The molecule has 0 fully saturated rings. The van der Waals surface area contributed by atoms with Gasteiger partial charge in [0.15, 0.2) is 0 Å². The number of rotatable bonds is 48. The van der Waals surface area contributed by atoms with Crippen LogP contribution in [0.25, 0.3) is 0 Å². The SMILES string of the molecule is CC/C=C\C/C=C\C/C=C\C/C=C\C/C=C\C/C=C\CCCCCCCCCCC(=O)NC(COP(=O)([O-])OCC[N+](C)(C)C)C(O)CCCCCCCCCCCCCCCCCC. The van der Waals surface area contributed by atoms with Crippen LogP contribution in [0.4, 0.5) is 0 Å². The first kappa shape index (κ1) is 62.9. The largest absolute Gasteiger partial charge is 0.756 e. The molecule has 0 saturated carbocycles. The van der Waals surface area contributed by atoms with Crippen LogP contribution < -0.4 is 10.2 Å². The Kier molecular flexibility index (Phi) is 45.5. The summed E-state index contributed by atoms with van der Waals surface area (Å²) in [6.07, 6.45) is 63.4. The molecule has 0 aliphatic heterocycles. The minimum Gasteiger partial charge on any atom is -0.756 e. The Hall–Kier alpha value is -2.06. The zero-order valence-electron chi connectivity index (χ0n) is 42.9. The monoisotopic (exact) mass is 931 g/mol. The van der Waals surface area contributed by atoms with Crippen molar-refractivity contribution in [1.29, 1.82) is 0 Å². The van der Waals surface area contributed by atoms with Crippen LogP contribution in [0, 0.1) is 0 Å². The maximum atomic E-state index is 13.0. The number of quaternary nitrogens is 1. The Morgan fingerprint density at radius 3 is 1.37 bits per heavy atom. The summed E-state index contributed by atoms with van der Waals surface area (Å²) in [4.78, 5) is 25.5. The molecule has 8 nitrogen and oxygen atoms in total. The molecule has 3 unspecified atom stereocenters. The van der Waals surface area contributed by atoms with Crippen molar-refractivity contribution in [3.05, 3.63) is 72.9 Å². The number of carbonyl (C=O) groups is 1. The lowest BCUT2D eigenvalue weighted by Gasteiger charge is -2.30. The van der Waals surface area contributed by atoms with E-state index in [0.717, 1.165) is 83.5 Å². The van der Waals surface area contributed by atoms with Crippen molar-refractivity contribution in [3.63, 3.8) is 0 Å². The van der Waals surface area contributed by atoms with E-state index in [2.05, 4.69) is 92.1 Å². The minimum atomic E-state index is -4.58. The van der Waals surface area contributed by atoms with Crippen LogP contribution in [0.3, 0.4) is 0 Å². The maximum Gasteiger partial charge on any atom is 0.268 e. The molecule has 2 N–H and O–H groups in total. The van der Waals surface area contributed by atoms with E-state index >= 15 is 0 Å². The van der Waals surface area contributed by atoms with E-state index in [9.17, 15) is 19.4 Å². The third-order valence-electron chi connectivity index (χ3n) is 11.7. The quantitative estimate of drug-likeness (QED) is 0.0272. The number of allylic oxidation sites excluding steroid dienone is 12. The summed E-state index contributed by atoms with van der Waals surface area (Å²) in [6, 6.07) is -0.809. The Balaban J connectivity index is 4.24. The highest BCUT2D eigenvalue weighted by molar-refractivity contribution is 7.45. The molecule has 0 aromatic carbocycles. The first-order chi connectivity index (χ1) is 31.5. The molecule has 0 saturated heterocycles. The number of phosphoric ester groups is 1. The van der Waals surface area contributed by atoms with Crippen LogP contribution in [-0.4, -0.2) is 68.5 Å². The number of hydrogen-bond acceptors (Lipinski definition) is 6. The Morgan fingerprint density at radius 2 is 0.938 bits per heavy atom. The Morgan fingerprint density at radius 1 is 0.554 bits per heavy atom. The van der Waals surface area contributed by atoms with Gasteiger partial charge in [0.25, 0.3) is 7.82 Å². The van der Waals surface area contributed by atoms with Gasteiger partial charge in [0.2, 0.25) is 5.91 Å². The number of aliphatic hydroxyl groups excluding tert-OH is 1. The predicted octanol–water partition coefficient (Wildman–Crippen LogP) is 15.3. The van der Waals surface area contributed by atoms with Gasteiger partial charge in [-0.3, -0.25) is 9.36 Å². The zero-order valence-corrected chi connectivity index (χ0v) is 43.8. The third-order valence-corrected chi connectivity index (χ3v) is 12.7. The van der Waals surface area contributed by atoms with Crippen LogP contribution in [0.15, 0.2) is 72.9 Å². The number of phosphoric acid groups is 1. The Labute approximate surface area is 402 Å². The van der Waals surface area contributed by atoms with Gasteiger partial charge in [-0.1, -0.05) is 228 Å². The van der Waals surface area contributed by atoms with E-state index in [-0.39, 0.29) is 19.1 Å². The molecule has 3 atom stereocenters. The molecule has 378 valence electrons. The first-order valence-corrected chi connectivity index (χ1v) is 28.2. The first-order valence-electron chi connectivity index (χ1n) is 26.8. The van der Waals surface area contributed by atoms with Gasteiger partial charge in [-0.05, 0) is 64.2 Å². The molecule has 9 heteroatoms. The Bertz CT molecular complexity index is 1290. The molecular weight excluding hydrogens is 828 g/mol. The van der Waals surface area contributed by atoms with E-state index in [4.69, 9.17) is 9.05 Å². The van der Waals surface area contributed by atoms with Crippen LogP contribution in [0.2, 0.25) is 0 Å². The van der Waals surface area contributed by atoms with Crippen molar-refractivity contribution in [3.8, 4) is 0 Å². The molecule has 65 heavy (non-hydrogen) atoms. The lowest BCUT2D eigenvalue weighted by Crippen LogP contribution is -2.46. The van der Waals surface area contributed by atoms with Crippen LogP contribution in [0.1, 0.15) is 226 Å². The van der Waals surface area contributed by atoms with Gasteiger partial charge in [-0.2, -0.15) is 0 Å². The fourth-order valence-corrected chi connectivity index (χ4v) is 8.24. The number of nitrogens with one attached hydrogen (secondary N) is 1.